The molecule has 2 heterocycles. The topological polar surface area (TPSA) is 69.2 Å². The fraction of sp³-hybridized carbons (Fsp3) is 0.800. The number of aromatic nitrogens is 3. The quantitative estimate of drug-likeness (QED) is 0.747. The van der Waals surface area contributed by atoms with Gasteiger partial charge in [-0.15, -0.1) is 10.2 Å². The van der Waals surface area contributed by atoms with Gasteiger partial charge in [0.15, 0.2) is 5.16 Å². The van der Waals surface area contributed by atoms with E-state index in [1.807, 2.05) is 11.6 Å². The third kappa shape index (κ3) is 3.19. The Morgan fingerprint density at radius 1 is 1.47 bits per heavy atom. The smallest absolute Gasteiger partial charge is 0.191 e. The van der Waals surface area contributed by atoms with Gasteiger partial charge in [0.25, 0.3) is 0 Å². The molecule has 0 spiro atoms. The zero-order valence-electron chi connectivity index (χ0n) is 10.3. The molecule has 17 heavy (non-hydrogen) atoms. The molecule has 1 unspecified atom stereocenters. The van der Waals surface area contributed by atoms with E-state index in [4.69, 9.17) is 10.5 Å². The highest BCUT2D eigenvalue weighted by atomic mass is 32.2. The highest BCUT2D eigenvalue weighted by Gasteiger charge is 2.19. The molecule has 7 heteroatoms. The minimum atomic E-state index is 0.275. The van der Waals surface area contributed by atoms with Crippen LogP contribution in [0.4, 0.5) is 0 Å². The molecule has 0 aliphatic carbocycles. The standard InChI is InChI=1S/C10H19N5OS/c1-14-3-4-16-8(6-14)7-17-10-13-12-9(5-11)15(10)2/h8H,3-7,11H2,1-2H3. The van der Waals surface area contributed by atoms with Crippen LogP contribution in [0.2, 0.25) is 0 Å². The third-order valence-electron chi connectivity index (χ3n) is 2.85. The highest BCUT2D eigenvalue weighted by Crippen LogP contribution is 2.19. The summed E-state index contributed by atoms with van der Waals surface area (Å²) in [6.07, 6.45) is 0.275. The first-order valence-corrected chi connectivity index (χ1v) is 6.70. The second kappa shape index (κ2) is 5.81. The monoisotopic (exact) mass is 257 g/mol. The van der Waals surface area contributed by atoms with Gasteiger partial charge < -0.3 is 19.9 Å². The molecule has 6 nitrogen and oxygen atoms in total. The van der Waals surface area contributed by atoms with E-state index in [0.717, 1.165) is 36.4 Å². The van der Waals surface area contributed by atoms with Crippen LogP contribution in [0.15, 0.2) is 5.16 Å². The molecule has 0 aromatic carbocycles. The molecule has 1 aromatic rings. The zero-order chi connectivity index (χ0) is 12.3. The number of thioether (sulfide) groups is 1. The Labute approximate surface area is 106 Å². The molecule has 96 valence electrons. The van der Waals surface area contributed by atoms with Crippen molar-refractivity contribution in [1.29, 1.82) is 0 Å². The predicted octanol–water partition coefficient (Wildman–Crippen LogP) is -0.303. The van der Waals surface area contributed by atoms with E-state index in [-0.39, 0.29) is 6.10 Å². The van der Waals surface area contributed by atoms with Crippen molar-refractivity contribution in [3.8, 4) is 0 Å². The highest BCUT2D eigenvalue weighted by molar-refractivity contribution is 7.99. The number of nitrogens with two attached hydrogens (primary N) is 1. The van der Waals surface area contributed by atoms with E-state index in [1.165, 1.54) is 0 Å². The molecular formula is C10H19N5OS. The van der Waals surface area contributed by atoms with Crippen molar-refractivity contribution in [1.82, 2.24) is 19.7 Å². The maximum atomic E-state index is 5.70. The lowest BCUT2D eigenvalue weighted by molar-refractivity contribution is -0.00601. The summed E-state index contributed by atoms with van der Waals surface area (Å²) >= 11 is 1.67. The minimum absolute atomic E-state index is 0.275. The van der Waals surface area contributed by atoms with Gasteiger partial charge in [-0.05, 0) is 7.05 Å². The van der Waals surface area contributed by atoms with E-state index >= 15 is 0 Å². The number of hydrogen-bond donors (Lipinski definition) is 1. The molecule has 2 N–H and O–H groups in total. The molecule has 1 aliphatic rings. The number of ether oxygens (including phenoxy) is 1. The summed E-state index contributed by atoms with van der Waals surface area (Å²) in [5.41, 5.74) is 5.56. The number of hydrogen-bond acceptors (Lipinski definition) is 6. The van der Waals surface area contributed by atoms with Gasteiger partial charge in [0.05, 0.1) is 19.3 Å². The van der Waals surface area contributed by atoms with Crippen molar-refractivity contribution < 1.29 is 4.74 Å². The summed E-state index contributed by atoms with van der Waals surface area (Å²) in [5, 5.41) is 9.05. The Bertz CT molecular complexity index is 370. The summed E-state index contributed by atoms with van der Waals surface area (Å²) in [6, 6.07) is 0. The van der Waals surface area contributed by atoms with Crippen molar-refractivity contribution in [2.24, 2.45) is 12.8 Å². The molecule has 0 bridgehead atoms. The molecule has 1 atom stereocenters. The van der Waals surface area contributed by atoms with Gasteiger partial charge >= 0.3 is 0 Å². The van der Waals surface area contributed by atoms with Crippen LogP contribution in [0.25, 0.3) is 0 Å². The summed E-state index contributed by atoms with van der Waals surface area (Å²) in [6.45, 7) is 3.23. The van der Waals surface area contributed by atoms with E-state index in [2.05, 4.69) is 22.1 Å². The summed E-state index contributed by atoms with van der Waals surface area (Å²) in [5.74, 6) is 1.72. The van der Waals surface area contributed by atoms with Gasteiger partial charge in [0.2, 0.25) is 0 Å². The first-order chi connectivity index (χ1) is 8.20. The fourth-order valence-electron chi connectivity index (χ4n) is 1.78. The molecule has 0 amide bonds. The third-order valence-corrected chi connectivity index (χ3v) is 4.00. The van der Waals surface area contributed by atoms with E-state index in [1.54, 1.807) is 11.8 Å². The maximum absolute atomic E-state index is 5.70. The van der Waals surface area contributed by atoms with Gasteiger partial charge in [0.1, 0.15) is 5.82 Å². The zero-order valence-corrected chi connectivity index (χ0v) is 11.1. The second-order valence-electron chi connectivity index (χ2n) is 4.23. The first-order valence-electron chi connectivity index (χ1n) is 5.72. The van der Waals surface area contributed by atoms with Crippen LogP contribution in [-0.2, 0) is 18.3 Å². The molecule has 2 rings (SSSR count). The first kappa shape index (κ1) is 12.8. The van der Waals surface area contributed by atoms with Gasteiger partial charge in [-0.3, -0.25) is 0 Å². The lowest BCUT2D eigenvalue weighted by Gasteiger charge is -2.29. The van der Waals surface area contributed by atoms with Gasteiger partial charge in [-0.2, -0.15) is 0 Å². The largest absolute Gasteiger partial charge is 0.375 e. The van der Waals surface area contributed by atoms with Gasteiger partial charge in [-0.25, -0.2) is 0 Å². The van der Waals surface area contributed by atoms with E-state index < -0.39 is 0 Å². The SMILES string of the molecule is CN1CCOC(CSc2nnc(CN)n2C)C1. The van der Waals surface area contributed by atoms with Crippen LogP contribution >= 0.6 is 11.8 Å². The second-order valence-corrected chi connectivity index (χ2v) is 5.22. The normalized spacial score (nSPS) is 21.9. The van der Waals surface area contributed by atoms with Crippen molar-refractivity contribution in [3.05, 3.63) is 5.82 Å². The number of morpholine rings is 1. The summed E-state index contributed by atoms with van der Waals surface area (Å²) in [4.78, 5) is 2.29. The van der Waals surface area contributed by atoms with Crippen molar-refractivity contribution in [3.63, 3.8) is 0 Å². The van der Waals surface area contributed by atoms with Crippen molar-refractivity contribution in [2.45, 2.75) is 17.8 Å². The lowest BCUT2D eigenvalue weighted by atomic mass is 10.3. The Kier molecular flexibility index (Phi) is 4.38. The molecule has 1 saturated heterocycles. The molecular weight excluding hydrogens is 238 g/mol. The number of rotatable bonds is 4. The molecule has 1 aromatic heterocycles. The predicted molar refractivity (Wildman–Crippen MR) is 66.9 cm³/mol. The van der Waals surface area contributed by atoms with Crippen LogP contribution in [0, 0.1) is 0 Å². The minimum Gasteiger partial charge on any atom is -0.375 e. The van der Waals surface area contributed by atoms with Gasteiger partial charge in [-0.1, -0.05) is 11.8 Å². The fourth-order valence-corrected chi connectivity index (χ4v) is 2.72. The lowest BCUT2D eigenvalue weighted by Crippen LogP contribution is -2.41. The Hall–Kier alpha value is -0.630. The molecule has 1 fully saturated rings. The molecule has 0 saturated carbocycles. The van der Waals surface area contributed by atoms with Crippen LogP contribution in [0.5, 0.6) is 0 Å². The van der Waals surface area contributed by atoms with Crippen molar-refractivity contribution in [2.75, 3.05) is 32.5 Å². The van der Waals surface area contributed by atoms with E-state index in [9.17, 15) is 0 Å². The molecule has 0 radical (unpaired) electrons. The molecule has 1 aliphatic heterocycles. The van der Waals surface area contributed by atoms with Crippen LogP contribution < -0.4 is 5.73 Å². The summed E-state index contributed by atoms with van der Waals surface area (Å²) in [7, 11) is 4.06. The Morgan fingerprint density at radius 2 is 2.29 bits per heavy atom. The van der Waals surface area contributed by atoms with Crippen LogP contribution in [-0.4, -0.2) is 58.3 Å². The number of likely N-dealkylation sites (N-methyl/N-ethyl adjacent to an activating group) is 1. The maximum Gasteiger partial charge on any atom is 0.191 e. The Morgan fingerprint density at radius 3 is 2.94 bits per heavy atom. The van der Waals surface area contributed by atoms with Crippen LogP contribution in [0.3, 0.4) is 0 Å². The average Bonchev–Trinajstić information content (AvgIpc) is 2.67. The number of nitrogens with zero attached hydrogens (tertiary/aromatic N) is 4. The Balaban J connectivity index is 1.86. The van der Waals surface area contributed by atoms with E-state index in [0.29, 0.717) is 6.54 Å². The van der Waals surface area contributed by atoms with Crippen molar-refractivity contribution >= 4 is 11.8 Å². The van der Waals surface area contributed by atoms with Gasteiger partial charge in [0, 0.05) is 25.9 Å². The summed E-state index contributed by atoms with van der Waals surface area (Å²) < 4.78 is 7.64. The average molecular weight is 257 g/mol. The van der Waals surface area contributed by atoms with Crippen LogP contribution in [0.1, 0.15) is 5.82 Å².